The molecule has 12 heavy (non-hydrogen) atoms. The first kappa shape index (κ1) is 9.19. The molecule has 0 aromatic carbocycles. The fraction of sp³-hybridized carbons (Fsp3) is 0.250. The molecule has 65 valence electrons. The third-order valence-corrected chi connectivity index (χ3v) is 2.65. The van der Waals surface area contributed by atoms with Gasteiger partial charge in [-0.3, -0.25) is 4.90 Å². The van der Waals surface area contributed by atoms with Crippen LogP contribution < -0.4 is 0 Å². The van der Waals surface area contributed by atoms with Crippen molar-refractivity contribution >= 4 is 17.9 Å². The normalized spacial score (nSPS) is 27.7. The third kappa shape index (κ3) is 1.48. The molecule has 1 unspecified atom stereocenters. The summed E-state index contributed by atoms with van der Waals surface area (Å²) >= 11 is 1.24. The Kier molecular flexibility index (Phi) is 2.47. The minimum Gasteiger partial charge on any atom is -0.465 e. The number of nitrogens with zero attached hydrogens (tertiary/aromatic N) is 1. The van der Waals surface area contributed by atoms with Crippen LogP contribution in [-0.2, 0) is 0 Å². The van der Waals surface area contributed by atoms with Crippen LogP contribution in [0.3, 0.4) is 0 Å². The second-order valence-electron chi connectivity index (χ2n) is 2.55. The molecule has 0 fully saturated rings. The van der Waals surface area contributed by atoms with Gasteiger partial charge in [0.15, 0.2) is 0 Å². The summed E-state index contributed by atoms with van der Waals surface area (Å²) < 4.78 is 0. The van der Waals surface area contributed by atoms with Gasteiger partial charge in [0.05, 0.1) is 0 Å². The van der Waals surface area contributed by atoms with E-state index in [0.29, 0.717) is 0 Å². The molecule has 4 heteroatoms. The number of allylic oxidation sites excluding steroid dienone is 2. The molecule has 1 aliphatic rings. The lowest BCUT2D eigenvalue weighted by atomic mass is 10.2. The van der Waals surface area contributed by atoms with Gasteiger partial charge in [-0.15, -0.1) is 11.8 Å². The molecule has 0 bridgehead atoms. The Morgan fingerprint density at radius 1 is 1.67 bits per heavy atom. The molecule has 1 amide bonds. The Hall–Kier alpha value is -0.900. The summed E-state index contributed by atoms with van der Waals surface area (Å²) in [5, 5.41) is 8.80. The van der Waals surface area contributed by atoms with E-state index in [1.165, 1.54) is 22.9 Å². The maximum atomic E-state index is 10.7. The van der Waals surface area contributed by atoms with Gasteiger partial charge in [-0.1, -0.05) is 6.08 Å². The Balaban J connectivity index is 2.92. The van der Waals surface area contributed by atoms with Crippen LogP contribution in [0.1, 0.15) is 6.92 Å². The van der Waals surface area contributed by atoms with E-state index in [1.54, 1.807) is 19.1 Å². The fourth-order valence-corrected chi connectivity index (χ4v) is 1.42. The van der Waals surface area contributed by atoms with Crippen LogP contribution >= 0.6 is 11.8 Å². The maximum absolute atomic E-state index is 10.7. The Morgan fingerprint density at radius 2 is 2.33 bits per heavy atom. The highest BCUT2D eigenvalue weighted by Crippen LogP contribution is 2.32. The number of hydrogen-bond donors (Lipinski definition) is 1. The van der Waals surface area contributed by atoms with Gasteiger partial charge in [-0.2, -0.15) is 0 Å². The summed E-state index contributed by atoms with van der Waals surface area (Å²) in [6.07, 6.45) is 9.51. The van der Waals surface area contributed by atoms with Gasteiger partial charge in [0.25, 0.3) is 0 Å². The van der Waals surface area contributed by atoms with Crippen molar-refractivity contribution in [1.82, 2.24) is 4.90 Å². The SMILES string of the molecule is [CH2]SC1(C)C=CC=CN1C(=O)O. The van der Waals surface area contributed by atoms with E-state index < -0.39 is 11.0 Å². The monoisotopic (exact) mass is 184 g/mol. The molecular weight excluding hydrogens is 174 g/mol. The van der Waals surface area contributed by atoms with Gasteiger partial charge < -0.3 is 5.11 Å². The largest absolute Gasteiger partial charge is 0.465 e. The molecule has 0 aliphatic carbocycles. The molecule has 1 N–H and O–H groups in total. The van der Waals surface area contributed by atoms with Crippen LogP contribution in [0.25, 0.3) is 0 Å². The molecule has 3 nitrogen and oxygen atoms in total. The average Bonchev–Trinajstić information content (AvgIpc) is 2.05. The van der Waals surface area contributed by atoms with Crippen LogP contribution in [0.15, 0.2) is 24.4 Å². The predicted octanol–water partition coefficient (Wildman–Crippen LogP) is 2.29. The minimum absolute atomic E-state index is 0.569. The second kappa shape index (κ2) is 3.23. The number of amides is 1. The minimum atomic E-state index is -0.964. The molecule has 1 heterocycles. The van der Waals surface area contributed by atoms with Crippen LogP contribution in [0, 0.1) is 6.26 Å². The Labute approximate surface area is 75.7 Å². The van der Waals surface area contributed by atoms with Gasteiger partial charge in [-0.25, -0.2) is 4.79 Å². The van der Waals surface area contributed by atoms with Gasteiger partial charge in [-0.05, 0) is 19.1 Å². The number of thioether (sulfide) groups is 1. The van der Waals surface area contributed by atoms with Crippen molar-refractivity contribution in [2.75, 3.05) is 0 Å². The first-order chi connectivity index (χ1) is 5.60. The van der Waals surface area contributed by atoms with Crippen molar-refractivity contribution in [1.29, 1.82) is 0 Å². The number of carbonyl (C=O) groups is 1. The van der Waals surface area contributed by atoms with Crippen molar-refractivity contribution in [2.45, 2.75) is 11.8 Å². The molecule has 1 aliphatic heterocycles. The van der Waals surface area contributed by atoms with E-state index >= 15 is 0 Å². The van der Waals surface area contributed by atoms with Crippen molar-refractivity contribution < 1.29 is 9.90 Å². The summed E-state index contributed by atoms with van der Waals surface area (Å²) in [7, 11) is 0. The summed E-state index contributed by atoms with van der Waals surface area (Å²) in [4.78, 5) is 11.4. The van der Waals surface area contributed by atoms with Gasteiger partial charge in [0.2, 0.25) is 0 Å². The van der Waals surface area contributed by atoms with Crippen molar-refractivity contribution in [2.24, 2.45) is 0 Å². The van der Waals surface area contributed by atoms with Crippen molar-refractivity contribution in [3.8, 4) is 0 Å². The molecule has 0 aromatic rings. The van der Waals surface area contributed by atoms with E-state index in [4.69, 9.17) is 5.11 Å². The number of rotatable bonds is 1. The van der Waals surface area contributed by atoms with Gasteiger partial charge >= 0.3 is 6.09 Å². The molecule has 0 aromatic heterocycles. The van der Waals surface area contributed by atoms with Crippen LogP contribution in [0.5, 0.6) is 0 Å². The molecule has 0 saturated carbocycles. The molecule has 1 radical (unpaired) electrons. The zero-order valence-electron chi connectivity index (χ0n) is 6.73. The average molecular weight is 184 g/mol. The predicted molar refractivity (Wildman–Crippen MR) is 49.5 cm³/mol. The van der Waals surface area contributed by atoms with E-state index in [-0.39, 0.29) is 0 Å². The summed E-state index contributed by atoms with van der Waals surface area (Å²) in [6.45, 7) is 1.80. The highest BCUT2D eigenvalue weighted by Gasteiger charge is 2.31. The van der Waals surface area contributed by atoms with Crippen LogP contribution in [0.4, 0.5) is 4.79 Å². The quantitative estimate of drug-likeness (QED) is 0.679. The first-order valence-electron chi connectivity index (χ1n) is 3.41. The third-order valence-electron chi connectivity index (χ3n) is 1.73. The van der Waals surface area contributed by atoms with Gasteiger partial charge in [0.1, 0.15) is 4.87 Å². The number of hydrogen-bond acceptors (Lipinski definition) is 2. The first-order valence-corrected chi connectivity index (χ1v) is 4.40. The lowest BCUT2D eigenvalue weighted by Crippen LogP contribution is -2.42. The Morgan fingerprint density at radius 3 is 2.75 bits per heavy atom. The Bertz CT molecular complexity index is 249. The molecule has 1 atom stereocenters. The zero-order chi connectivity index (χ0) is 9.19. The second-order valence-corrected chi connectivity index (χ2v) is 3.67. The smallest absolute Gasteiger partial charge is 0.412 e. The van der Waals surface area contributed by atoms with Gasteiger partial charge in [0, 0.05) is 12.5 Å². The van der Waals surface area contributed by atoms with Crippen LogP contribution in [-0.4, -0.2) is 21.0 Å². The van der Waals surface area contributed by atoms with Crippen molar-refractivity contribution in [3.63, 3.8) is 0 Å². The standard InChI is InChI=1S/C8H10NO2S/c1-8(12-2)5-3-4-6-9(8)7(10)11/h3-6H,2H2,1H3,(H,10,11). The van der Waals surface area contributed by atoms with E-state index in [2.05, 4.69) is 6.26 Å². The highest BCUT2D eigenvalue weighted by atomic mass is 32.2. The zero-order valence-corrected chi connectivity index (χ0v) is 7.54. The molecule has 0 saturated heterocycles. The summed E-state index contributed by atoms with van der Waals surface area (Å²) in [6, 6.07) is 0. The van der Waals surface area contributed by atoms with Crippen LogP contribution in [0.2, 0.25) is 0 Å². The van der Waals surface area contributed by atoms with E-state index in [0.717, 1.165) is 0 Å². The lowest BCUT2D eigenvalue weighted by Gasteiger charge is -2.34. The highest BCUT2D eigenvalue weighted by molar-refractivity contribution is 8.01. The maximum Gasteiger partial charge on any atom is 0.412 e. The number of carboxylic acid groups (broad SMARTS) is 1. The molecule has 0 spiro atoms. The fourth-order valence-electron chi connectivity index (χ4n) is 0.969. The van der Waals surface area contributed by atoms with E-state index in [1.807, 2.05) is 6.08 Å². The summed E-state index contributed by atoms with van der Waals surface area (Å²) in [5.41, 5.74) is 0. The lowest BCUT2D eigenvalue weighted by molar-refractivity contribution is 0.152. The van der Waals surface area contributed by atoms with Crippen molar-refractivity contribution in [3.05, 3.63) is 30.7 Å². The van der Waals surface area contributed by atoms with E-state index in [9.17, 15) is 4.79 Å². The molecular formula is C8H10NO2S. The summed E-state index contributed by atoms with van der Waals surface area (Å²) in [5.74, 6) is 0. The molecule has 1 rings (SSSR count). The topological polar surface area (TPSA) is 40.5 Å².